The first-order valence-electron chi connectivity index (χ1n) is 3.23. The average molecular weight is 289 g/mol. The molecule has 1 aromatic heterocycles. The third-order valence-corrected chi connectivity index (χ3v) is 3.45. The Balaban J connectivity index is 0.00000169. The van der Waals surface area contributed by atoms with Gasteiger partial charge in [0, 0.05) is 0 Å². The summed E-state index contributed by atoms with van der Waals surface area (Å²) >= 11 is 4.12. The van der Waals surface area contributed by atoms with Crippen LogP contribution in [0.25, 0.3) is 0 Å². The molecule has 0 aliphatic heterocycles. The summed E-state index contributed by atoms with van der Waals surface area (Å²) in [5.41, 5.74) is 0. The topological polar surface area (TPSA) is 58.6 Å². The minimum absolute atomic E-state index is 0. The van der Waals surface area contributed by atoms with E-state index in [1.54, 1.807) is 0 Å². The molecule has 7 heteroatoms. The average Bonchev–Trinajstić information content (AvgIpc) is 2.42. The molecule has 0 saturated carbocycles. The molecule has 0 aliphatic carbocycles. The van der Waals surface area contributed by atoms with Gasteiger partial charge in [-0.2, -0.15) is 0 Å². The molecule has 0 aromatic carbocycles. The van der Waals surface area contributed by atoms with Crippen molar-refractivity contribution in [2.45, 2.75) is 0 Å². The Morgan fingerprint density at radius 2 is 2.00 bits per heavy atom. The third kappa shape index (κ3) is 2.64. The molecule has 0 radical (unpaired) electrons. The number of carboxylic acids is 1. The Bertz CT molecular complexity index is 339. The molecule has 0 unspecified atom stereocenters. The summed E-state index contributed by atoms with van der Waals surface area (Å²) in [6.45, 7) is 0. The zero-order valence-corrected chi connectivity index (χ0v) is 12.3. The summed E-state index contributed by atoms with van der Waals surface area (Å²) in [5, 5.41) is 11.1. The van der Waals surface area contributed by atoms with Gasteiger partial charge >= 0.3 is 29.6 Å². The molecule has 1 rings (SSSR count). The molecule has 0 saturated heterocycles. The van der Waals surface area contributed by atoms with E-state index in [0.29, 0.717) is 9.54 Å². The first kappa shape index (κ1) is 14.2. The van der Waals surface area contributed by atoms with Gasteiger partial charge in [0.1, 0.15) is 4.47 Å². The second-order valence-electron chi connectivity index (χ2n) is 2.06. The van der Waals surface area contributed by atoms with Crippen LogP contribution in [0.2, 0.25) is 0 Å². The standard InChI is InChI=1S/C7H7BrO4S.Na/c1-11-4-3(8)7(12-2)13-5(4)6(9)10;/h1-2H3,(H,9,10);/q;+1/p-1. The third-order valence-electron chi connectivity index (χ3n) is 1.35. The molecule has 0 spiro atoms. The van der Waals surface area contributed by atoms with Gasteiger partial charge in [-0.3, -0.25) is 0 Å². The van der Waals surface area contributed by atoms with Gasteiger partial charge in [0.15, 0.2) is 10.8 Å². The van der Waals surface area contributed by atoms with Gasteiger partial charge in [-0.25, -0.2) is 0 Å². The number of methoxy groups -OCH3 is 2. The van der Waals surface area contributed by atoms with Crippen molar-refractivity contribution in [3.63, 3.8) is 0 Å². The van der Waals surface area contributed by atoms with Crippen LogP contribution in [0, 0.1) is 0 Å². The van der Waals surface area contributed by atoms with Gasteiger partial charge in [-0.15, -0.1) is 0 Å². The summed E-state index contributed by atoms with van der Waals surface area (Å²) in [6, 6.07) is 0. The number of thiophene rings is 1. The Hall–Kier alpha value is 0.250. The van der Waals surface area contributed by atoms with Crippen molar-refractivity contribution in [1.29, 1.82) is 0 Å². The molecular formula is C7H6BrNaO4S. The van der Waals surface area contributed by atoms with E-state index in [4.69, 9.17) is 9.47 Å². The van der Waals surface area contributed by atoms with Gasteiger partial charge in [-0.1, -0.05) is 11.3 Å². The van der Waals surface area contributed by atoms with E-state index in [2.05, 4.69) is 15.9 Å². The summed E-state index contributed by atoms with van der Waals surface area (Å²) in [4.78, 5) is 10.6. The van der Waals surface area contributed by atoms with Gasteiger partial charge in [0.05, 0.1) is 25.1 Å². The molecule has 0 atom stereocenters. The smallest absolute Gasteiger partial charge is 0.544 e. The maximum absolute atomic E-state index is 10.6. The number of hydrogen-bond donors (Lipinski definition) is 0. The molecule has 0 amide bonds. The minimum atomic E-state index is -1.27. The SMILES string of the molecule is COc1sc(C(=O)[O-])c(OC)c1Br.[Na+]. The van der Waals surface area contributed by atoms with E-state index in [1.165, 1.54) is 14.2 Å². The Kier molecular flexibility index (Phi) is 6.08. The number of hydrogen-bond acceptors (Lipinski definition) is 5. The number of rotatable bonds is 3. The molecule has 0 N–H and O–H groups in total. The first-order chi connectivity index (χ1) is 6.11. The van der Waals surface area contributed by atoms with E-state index >= 15 is 0 Å². The van der Waals surface area contributed by atoms with E-state index in [9.17, 15) is 9.90 Å². The monoisotopic (exact) mass is 288 g/mol. The quantitative estimate of drug-likeness (QED) is 0.598. The van der Waals surface area contributed by atoms with E-state index in [1.807, 2.05) is 0 Å². The number of carbonyl (C=O) groups excluding carboxylic acids is 1. The van der Waals surface area contributed by atoms with Gasteiger partial charge in [0.2, 0.25) is 0 Å². The molecule has 72 valence electrons. The molecule has 0 fully saturated rings. The molecular weight excluding hydrogens is 283 g/mol. The Labute approximate surface area is 116 Å². The second-order valence-corrected chi connectivity index (χ2v) is 3.83. The maximum atomic E-state index is 10.6. The van der Waals surface area contributed by atoms with Gasteiger partial charge < -0.3 is 19.4 Å². The normalized spacial score (nSPS) is 9.07. The van der Waals surface area contributed by atoms with Gasteiger partial charge in [-0.05, 0) is 15.9 Å². The zero-order chi connectivity index (χ0) is 10.0. The number of halogens is 1. The van der Waals surface area contributed by atoms with Gasteiger partial charge in [0.25, 0.3) is 0 Å². The summed E-state index contributed by atoms with van der Waals surface area (Å²) in [6.07, 6.45) is 0. The van der Waals surface area contributed by atoms with E-state index in [-0.39, 0.29) is 40.2 Å². The molecule has 1 aromatic rings. The van der Waals surface area contributed by atoms with Crippen molar-refractivity contribution in [3.8, 4) is 10.8 Å². The van der Waals surface area contributed by atoms with Crippen molar-refractivity contribution >= 4 is 33.2 Å². The number of carboxylic acid groups (broad SMARTS) is 1. The Morgan fingerprint density at radius 1 is 1.43 bits per heavy atom. The van der Waals surface area contributed by atoms with Crippen molar-refractivity contribution in [1.82, 2.24) is 0 Å². The fourth-order valence-corrected chi connectivity index (χ4v) is 2.53. The van der Waals surface area contributed by atoms with E-state index < -0.39 is 5.97 Å². The van der Waals surface area contributed by atoms with Crippen LogP contribution in [-0.4, -0.2) is 20.2 Å². The fourth-order valence-electron chi connectivity index (χ4n) is 0.824. The molecule has 0 bridgehead atoms. The van der Waals surface area contributed by atoms with Crippen LogP contribution in [0.5, 0.6) is 10.8 Å². The first-order valence-corrected chi connectivity index (χ1v) is 4.84. The molecule has 14 heavy (non-hydrogen) atoms. The molecule has 0 aliphatic rings. The van der Waals surface area contributed by atoms with Crippen LogP contribution in [-0.2, 0) is 0 Å². The molecule has 1 heterocycles. The predicted molar refractivity (Wildman–Crippen MR) is 49.5 cm³/mol. The van der Waals surface area contributed by atoms with Crippen LogP contribution in [0.15, 0.2) is 4.47 Å². The van der Waals surface area contributed by atoms with E-state index in [0.717, 1.165) is 11.3 Å². The van der Waals surface area contributed by atoms with Crippen LogP contribution < -0.4 is 44.1 Å². The largest absolute Gasteiger partial charge is 1.00 e. The van der Waals surface area contributed by atoms with Crippen molar-refractivity contribution in [3.05, 3.63) is 9.35 Å². The van der Waals surface area contributed by atoms with Crippen LogP contribution in [0.3, 0.4) is 0 Å². The predicted octanol–water partition coefficient (Wildman–Crippen LogP) is -2.10. The summed E-state index contributed by atoms with van der Waals surface area (Å²) < 4.78 is 10.3. The number of ether oxygens (including phenoxy) is 2. The van der Waals surface area contributed by atoms with Crippen molar-refractivity contribution < 1.29 is 48.9 Å². The summed E-state index contributed by atoms with van der Waals surface area (Å²) in [5.74, 6) is -1.03. The molecule has 4 nitrogen and oxygen atoms in total. The maximum Gasteiger partial charge on any atom is 1.00 e. The van der Waals surface area contributed by atoms with Crippen LogP contribution in [0.4, 0.5) is 0 Å². The fraction of sp³-hybridized carbons (Fsp3) is 0.286. The zero-order valence-electron chi connectivity index (χ0n) is 7.92. The minimum Gasteiger partial charge on any atom is -0.544 e. The number of aromatic carboxylic acids is 1. The summed E-state index contributed by atoms with van der Waals surface area (Å²) in [7, 11) is 2.84. The second kappa shape index (κ2) is 5.97. The Morgan fingerprint density at radius 3 is 2.29 bits per heavy atom. The van der Waals surface area contributed by atoms with Crippen LogP contribution in [0.1, 0.15) is 9.67 Å². The van der Waals surface area contributed by atoms with Crippen molar-refractivity contribution in [2.24, 2.45) is 0 Å². The number of carbonyl (C=O) groups is 1. The van der Waals surface area contributed by atoms with Crippen molar-refractivity contribution in [2.75, 3.05) is 14.2 Å². The van der Waals surface area contributed by atoms with Crippen LogP contribution >= 0.6 is 27.3 Å².